The molecule has 16 heavy (non-hydrogen) atoms. The van der Waals surface area contributed by atoms with Crippen molar-refractivity contribution in [2.75, 3.05) is 6.61 Å². The highest BCUT2D eigenvalue weighted by Gasteiger charge is 2.35. The molecule has 2 aromatic rings. The van der Waals surface area contributed by atoms with Crippen LogP contribution in [0, 0.1) is 0 Å². The quantitative estimate of drug-likeness (QED) is 0.845. The Bertz CT molecular complexity index is 452. The summed E-state index contributed by atoms with van der Waals surface area (Å²) in [4.78, 5) is 5.54. The van der Waals surface area contributed by atoms with Crippen LogP contribution in [0.15, 0.2) is 17.8 Å². The fourth-order valence-electron chi connectivity index (χ4n) is 2.13. The number of rotatable bonds is 4. The fourth-order valence-corrected chi connectivity index (χ4v) is 2.85. The Balaban J connectivity index is 1.68. The third-order valence-corrected chi connectivity index (χ3v) is 4.17. The third kappa shape index (κ3) is 1.65. The first-order valence-corrected chi connectivity index (χ1v) is 6.46. The summed E-state index contributed by atoms with van der Waals surface area (Å²) in [7, 11) is 0. The number of hydrogen-bond acceptors (Lipinski definition) is 4. The van der Waals surface area contributed by atoms with Gasteiger partial charge in [0.15, 0.2) is 4.96 Å². The molecule has 1 aliphatic rings. The van der Waals surface area contributed by atoms with E-state index in [0.717, 1.165) is 30.0 Å². The summed E-state index contributed by atoms with van der Waals surface area (Å²) < 4.78 is 2.04. The first-order chi connectivity index (χ1) is 7.81. The van der Waals surface area contributed by atoms with E-state index in [2.05, 4.69) is 10.3 Å². The molecule has 4 nitrogen and oxygen atoms in total. The maximum Gasteiger partial charge on any atom is 0.193 e. The number of imidazole rings is 1. The van der Waals surface area contributed by atoms with Crippen molar-refractivity contribution in [1.29, 1.82) is 0 Å². The van der Waals surface area contributed by atoms with Crippen LogP contribution in [-0.2, 0) is 6.54 Å². The van der Waals surface area contributed by atoms with Crippen molar-refractivity contribution in [3.8, 4) is 0 Å². The molecule has 1 saturated carbocycles. The molecule has 5 heteroatoms. The summed E-state index contributed by atoms with van der Waals surface area (Å²) in [6, 6.07) is 0. The zero-order valence-electron chi connectivity index (χ0n) is 9.02. The zero-order valence-corrected chi connectivity index (χ0v) is 9.83. The Morgan fingerprint density at radius 2 is 2.44 bits per heavy atom. The van der Waals surface area contributed by atoms with Gasteiger partial charge in [-0.1, -0.05) is 0 Å². The van der Waals surface area contributed by atoms with Crippen LogP contribution in [0.25, 0.3) is 4.96 Å². The third-order valence-electron chi connectivity index (χ3n) is 3.40. The lowest BCUT2D eigenvalue weighted by molar-refractivity contribution is 0.0869. The van der Waals surface area contributed by atoms with Gasteiger partial charge in [-0.25, -0.2) is 4.98 Å². The minimum Gasteiger partial charge on any atom is -0.394 e. The topological polar surface area (TPSA) is 49.6 Å². The fraction of sp³-hybridized carbons (Fsp3) is 0.545. The van der Waals surface area contributed by atoms with Crippen molar-refractivity contribution in [3.05, 3.63) is 23.5 Å². The van der Waals surface area contributed by atoms with Crippen LogP contribution < -0.4 is 5.32 Å². The number of hydrogen-bond donors (Lipinski definition) is 2. The Morgan fingerprint density at radius 3 is 3.06 bits per heavy atom. The summed E-state index contributed by atoms with van der Waals surface area (Å²) in [5.41, 5.74) is 1.02. The molecule has 0 unspecified atom stereocenters. The molecule has 0 spiro atoms. The number of aliphatic hydroxyl groups excluding tert-OH is 1. The molecule has 2 N–H and O–H groups in total. The van der Waals surface area contributed by atoms with Crippen LogP contribution in [-0.4, -0.2) is 26.6 Å². The van der Waals surface area contributed by atoms with Crippen LogP contribution in [0.3, 0.4) is 0 Å². The Morgan fingerprint density at radius 1 is 1.56 bits per heavy atom. The molecule has 0 bridgehead atoms. The number of nitrogens with zero attached hydrogens (tertiary/aromatic N) is 2. The van der Waals surface area contributed by atoms with Crippen molar-refractivity contribution in [2.24, 2.45) is 0 Å². The van der Waals surface area contributed by atoms with Gasteiger partial charge in [-0.15, -0.1) is 11.3 Å². The van der Waals surface area contributed by atoms with E-state index in [0.29, 0.717) is 0 Å². The maximum absolute atomic E-state index is 9.33. The predicted molar refractivity (Wildman–Crippen MR) is 63.6 cm³/mol. The van der Waals surface area contributed by atoms with E-state index in [1.54, 1.807) is 11.3 Å². The van der Waals surface area contributed by atoms with Crippen LogP contribution in [0.2, 0.25) is 0 Å². The van der Waals surface area contributed by atoms with E-state index < -0.39 is 0 Å². The molecule has 0 aromatic carbocycles. The van der Waals surface area contributed by atoms with Gasteiger partial charge >= 0.3 is 0 Å². The van der Waals surface area contributed by atoms with Crippen molar-refractivity contribution in [1.82, 2.24) is 14.7 Å². The van der Waals surface area contributed by atoms with E-state index in [-0.39, 0.29) is 12.1 Å². The average molecular weight is 237 g/mol. The molecule has 1 fully saturated rings. The van der Waals surface area contributed by atoms with E-state index in [9.17, 15) is 5.11 Å². The lowest BCUT2D eigenvalue weighted by Crippen LogP contribution is -2.53. The minimum absolute atomic E-state index is 0.0307. The normalized spacial score (nSPS) is 18.8. The molecule has 86 valence electrons. The van der Waals surface area contributed by atoms with Crippen LogP contribution in [0.1, 0.15) is 25.0 Å². The second kappa shape index (κ2) is 3.84. The molecule has 0 atom stereocenters. The first-order valence-electron chi connectivity index (χ1n) is 5.58. The summed E-state index contributed by atoms with van der Waals surface area (Å²) in [6.07, 6.45) is 7.42. The summed E-state index contributed by atoms with van der Waals surface area (Å²) in [5, 5.41) is 14.8. The van der Waals surface area contributed by atoms with Gasteiger partial charge in [0.05, 0.1) is 12.3 Å². The average Bonchev–Trinajstić information content (AvgIpc) is 2.76. The summed E-state index contributed by atoms with van der Waals surface area (Å²) >= 11 is 1.64. The van der Waals surface area contributed by atoms with E-state index in [1.807, 2.05) is 22.2 Å². The van der Waals surface area contributed by atoms with Gasteiger partial charge in [0.2, 0.25) is 0 Å². The van der Waals surface area contributed by atoms with Gasteiger partial charge in [-0.3, -0.25) is 4.40 Å². The molecule has 2 heterocycles. The van der Waals surface area contributed by atoms with Crippen LogP contribution in [0.5, 0.6) is 0 Å². The standard InChI is InChI=1S/C11H15N3OS/c15-8-11(2-1-3-11)12-6-9-7-14-4-5-16-10(14)13-9/h4-5,7,12,15H,1-3,6,8H2. The van der Waals surface area contributed by atoms with E-state index in [4.69, 9.17) is 0 Å². The minimum atomic E-state index is -0.0307. The number of aromatic nitrogens is 2. The van der Waals surface area contributed by atoms with Crippen LogP contribution >= 0.6 is 11.3 Å². The van der Waals surface area contributed by atoms with Crippen molar-refractivity contribution < 1.29 is 5.11 Å². The highest BCUT2D eigenvalue weighted by molar-refractivity contribution is 7.15. The lowest BCUT2D eigenvalue weighted by atomic mass is 9.77. The Kier molecular flexibility index (Phi) is 2.46. The van der Waals surface area contributed by atoms with Gasteiger partial charge < -0.3 is 10.4 Å². The van der Waals surface area contributed by atoms with Crippen molar-refractivity contribution in [3.63, 3.8) is 0 Å². The zero-order chi connectivity index (χ0) is 11.0. The molecule has 3 rings (SSSR count). The Hall–Kier alpha value is -0.910. The molecule has 0 amide bonds. The summed E-state index contributed by atoms with van der Waals surface area (Å²) in [6.45, 7) is 0.976. The first kappa shape index (κ1) is 10.3. The second-order valence-corrected chi connectivity index (χ2v) is 5.34. The van der Waals surface area contributed by atoms with Crippen LogP contribution in [0.4, 0.5) is 0 Å². The summed E-state index contributed by atoms with van der Waals surface area (Å²) in [5.74, 6) is 0. The largest absolute Gasteiger partial charge is 0.394 e. The molecule has 0 aliphatic heterocycles. The lowest BCUT2D eigenvalue weighted by Gasteiger charge is -2.41. The number of thiazole rings is 1. The Labute approximate surface area is 97.9 Å². The molecule has 2 aromatic heterocycles. The van der Waals surface area contributed by atoms with Gasteiger partial charge in [-0.05, 0) is 19.3 Å². The monoisotopic (exact) mass is 237 g/mol. The predicted octanol–water partition coefficient (Wildman–Crippen LogP) is 1.40. The van der Waals surface area contributed by atoms with E-state index >= 15 is 0 Å². The number of nitrogens with one attached hydrogen (secondary N) is 1. The van der Waals surface area contributed by atoms with E-state index in [1.165, 1.54) is 6.42 Å². The molecule has 0 saturated heterocycles. The molecule has 1 aliphatic carbocycles. The highest BCUT2D eigenvalue weighted by Crippen LogP contribution is 2.31. The number of fused-ring (bicyclic) bond motifs is 1. The smallest absolute Gasteiger partial charge is 0.193 e. The van der Waals surface area contributed by atoms with Gasteiger partial charge in [0, 0.05) is 29.9 Å². The molecular formula is C11H15N3OS. The second-order valence-electron chi connectivity index (χ2n) is 4.47. The number of aliphatic hydroxyl groups is 1. The molecule has 0 radical (unpaired) electrons. The van der Waals surface area contributed by atoms with Gasteiger partial charge in [0.1, 0.15) is 0 Å². The molecular weight excluding hydrogens is 222 g/mol. The maximum atomic E-state index is 9.33. The SMILES string of the molecule is OCC1(NCc2cn3ccsc3n2)CCC1. The van der Waals surface area contributed by atoms with Gasteiger partial charge in [0.25, 0.3) is 0 Å². The van der Waals surface area contributed by atoms with Crippen molar-refractivity contribution in [2.45, 2.75) is 31.3 Å². The van der Waals surface area contributed by atoms with Gasteiger partial charge in [-0.2, -0.15) is 0 Å². The van der Waals surface area contributed by atoms with Crippen molar-refractivity contribution >= 4 is 16.3 Å². The highest BCUT2D eigenvalue weighted by atomic mass is 32.1.